The third-order valence-corrected chi connectivity index (χ3v) is 9.70. The van der Waals surface area contributed by atoms with Crippen LogP contribution in [0.15, 0.2) is 73.3 Å². The van der Waals surface area contributed by atoms with E-state index in [0.717, 1.165) is 43.1 Å². The van der Waals surface area contributed by atoms with Crippen molar-refractivity contribution in [3.63, 3.8) is 0 Å². The van der Waals surface area contributed by atoms with Gasteiger partial charge < -0.3 is 35.6 Å². The van der Waals surface area contributed by atoms with E-state index >= 15 is 0 Å². The van der Waals surface area contributed by atoms with Crippen LogP contribution in [0.5, 0.6) is 0 Å². The van der Waals surface area contributed by atoms with Gasteiger partial charge in [0.15, 0.2) is 17.0 Å². The number of nitrogens with one attached hydrogen (secondary N) is 1. The van der Waals surface area contributed by atoms with Gasteiger partial charge in [-0.2, -0.15) is 0 Å². The average molecular weight is 604 g/mol. The Kier molecular flexibility index (Phi) is 5.82. The third kappa shape index (κ3) is 3.70. The molecule has 45 heavy (non-hydrogen) atoms. The van der Waals surface area contributed by atoms with Crippen molar-refractivity contribution in [2.75, 3.05) is 11.9 Å². The molecule has 0 unspecified atom stereocenters. The molecule has 7 atom stereocenters. The normalized spacial score (nSPS) is 26.9. The van der Waals surface area contributed by atoms with Crippen LogP contribution >= 0.6 is 0 Å². The first-order valence-electron chi connectivity index (χ1n) is 15.0. The lowest BCUT2D eigenvalue weighted by Crippen LogP contribution is -2.44. The zero-order valence-electron chi connectivity index (χ0n) is 23.8. The molecule has 2 aliphatic rings. The van der Waals surface area contributed by atoms with E-state index in [1.807, 2.05) is 24.3 Å². The Morgan fingerprint density at radius 2 is 1.60 bits per heavy atom. The SMILES string of the molecule is OC[C@H]1O[C@@H](n2cnc3c(N[C@H]4c5c(cc6ccc7cccc8c9ccccc9c5c6c78)[C@H](O)[C@@H](O)[C@H]4O)ncnc32)C[C@@H]1O. The molecule has 6 N–H and O–H groups in total. The zero-order valence-corrected chi connectivity index (χ0v) is 23.8. The number of ether oxygens (including phenoxy) is 1. The number of aliphatic hydroxyl groups excluding tert-OH is 5. The zero-order chi connectivity index (χ0) is 30.6. The van der Waals surface area contributed by atoms with Gasteiger partial charge in [-0.05, 0) is 60.3 Å². The molecule has 11 nitrogen and oxygen atoms in total. The lowest BCUT2D eigenvalue weighted by atomic mass is 9.76. The minimum atomic E-state index is -1.46. The molecule has 1 saturated heterocycles. The fourth-order valence-corrected chi connectivity index (χ4v) is 7.59. The smallest absolute Gasteiger partial charge is 0.167 e. The Bertz CT molecular complexity index is 2270. The van der Waals surface area contributed by atoms with Crippen molar-refractivity contribution in [3.05, 3.63) is 84.4 Å². The number of hydrogen-bond donors (Lipinski definition) is 6. The average Bonchev–Trinajstić information content (AvgIpc) is 3.68. The fourth-order valence-electron chi connectivity index (χ4n) is 7.59. The summed E-state index contributed by atoms with van der Waals surface area (Å²) >= 11 is 0. The molecule has 1 aliphatic heterocycles. The van der Waals surface area contributed by atoms with E-state index in [-0.39, 0.29) is 13.0 Å². The summed E-state index contributed by atoms with van der Waals surface area (Å²) in [5.41, 5.74) is 2.05. The van der Waals surface area contributed by atoms with Crippen LogP contribution in [0.2, 0.25) is 0 Å². The van der Waals surface area contributed by atoms with Gasteiger partial charge in [-0.1, -0.05) is 54.6 Å². The number of aromatic nitrogens is 4. The first kappa shape index (κ1) is 26.9. The largest absolute Gasteiger partial charge is 0.394 e. The number of hydrogen-bond acceptors (Lipinski definition) is 10. The van der Waals surface area contributed by atoms with Crippen molar-refractivity contribution in [2.24, 2.45) is 0 Å². The van der Waals surface area contributed by atoms with Gasteiger partial charge in [-0.15, -0.1) is 0 Å². The van der Waals surface area contributed by atoms with Crippen molar-refractivity contribution in [1.29, 1.82) is 0 Å². The summed E-state index contributed by atoms with van der Waals surface area (Å²) in [6, 6.07) is 19.5. The highest BCUT2D eigenvalue weighted by Gasteiger charge is 2.43. The van der Waals surface area contributed by atoms with Crippen LogP contribution in [0.4, 0.5) is 5.82 Å². The van der Waals surface area contributed by atoms with Crippen molar-refractivity contribution in [3.8, 4) is 0 Å². The summed E-state index contributed by atoms with van der Waals surface area (Å²) in [5, 5.41) is 65.5. The fraction of sp³-hybridized carbons (Fsp3) is 0.265. The topological polar surface area (TPSA) is 166 Å². The van der Waals surface area contributed by atoms with Gasteiger partial charge in [0.05, 0.1) is 25.1 Å². The molecular formula is C34H29N5O6. The Morgan fingerprint density at radius 1 is 0.822 bits per heavy atom. The van der Waals surface area contributed by atoms with Crippen LogP contribution in [0.25, 0.3) is 54.3 Å². The molecular weight excluding hydrogens is 574 g/mol. The van der Waals surface area contributed by atoms with Crippen molar-refractivity contribution in [1.82, 2.24) is 19.5 Å². The van der Waals surface area contributed by atoms with Gasteiger partial charge in [0.2, 0.25) is 0 Å². The van der Waals surface area contributed by atoms with Gasteiger partial charge in [0, 0.05) is 6.42 Å². The van der Waals surface area contributed by atoms with E-state index in [1.165, 1.54) is 6.33 Å². The highest BCUT2D eigenvalue weighted by Crippen LogP contribution is 2.49. The second-order valence-corrected chi connectivity index (χ2v) is 12.1. The molecule has 7 aromatic rings. The quantitative estimate of drug-likeness (QED) is 0.130. The first-order chi connectivity index (χ1) is 21.9. The second kappa shape index (κ2) is 9.75. The predicted molar refractivity (Wildman–Crippen MR) is 168 cm³/mol. The summed E-state index contributed by atoms with van der Waals surface area (Å²) in [6.07, 6.45) is -3.12. The number of anilines is 1. The molecule has 3 heterocycles. The molecule has 1 fully saturated rings. The van der Waals surface area contributed by atoms with E-state index in [1.54, 1.807) is 10.9 Å². The van der Waals surface area contributed by atoms with E-state index in [9.17, 15) is 25.5 Å². The van der Waals surface area contributed by atoms with Gasteiger partial charge in [0.1, 0.15) is 37.0 Å². The molecule has 9 rings (SSSR count). The maximum atomic E-state index is 11.6. The molecule has 5 aromatic carbocycles. The summed E-state index contributed by atoms with van der Waals surface area (Å²) in [5.74, 6) is 0.324. The number of imidazole rings is 1. The minimum absolute atomic E-state index is 0.258. The second-order valence-electron chi connectivity index (χ2n) is 12.1. The van der Waals surface area contributed by atoms with Crippen LogP contribution < -0.4 is 5.32 Å². The van der Waals surface area contributed by atoms with Crippen LogP contribution in [0, 0.1) is 0 Å². The first-order valence-corrected chi connectivity index (χ1v) is 15.0. The highest BCUT2D eigenvalue weighted by atomic mass is 16.5. The number of fused-ring (bicyclic) bond motifs is 6. The van der Waals surface area contributed by atoms with E-state index in [0.29, 0.717) is 28.1 Å². The van der Waals surface area contributed by atoms with E-state index < -0.39 is 42.8 Å². The molecule has 1 aliphatic carbocycles. The summed E-state index contributed by atoms with van der Waals surface area (Å²) < 4.78 is 7.53. The number of aliphatic hydroxyl groups is 5. The van der Waals surface area contributed by atoms with Crippen LogP contribution in [0.3, 0.4) is 0 Å². The van der Waals surface area contributed by atoms with Gasteiger partial charge in [-0.3, -0.25) is 4.57 Å². The lowest BCUT2D eigenvalue weighted by molar-refractivity contribution is -0.0766. The van der Waals surface area contributed by atoms with E-state index in [4.69, 9.17) is 4.74 Å². The Hall–Kier alpha value is -4.49. The summed E-state index contributed by atoms with van der Waals surface area (Å²) in [7, 11) is 0. The minimum Gasteiger partial charge on any atom is -0.394 e. The summed E-state index contributed by atoms with van der Waals surface area (Å²) in [4.78, 5) is 13.5. The number of rotatable bonds is 4. The highest BCUT2D eigenvalue weighted by molar-refractivity contribution is 6.34. The van der Waals surface area contributed by atoms with Crippen LogP contribution in [-0.2, 0) is 4.74 Å². The Morgan fingerprint density at radius 3 is 2.42 bits per heavy atom. The van der Waals surface area contributed by atoms with E-state index in [2.05, 4.69) is 56.7 Å². The van der Waals surface area contributed by atoms with Crippen molar-refractivity contribution >= 4 is 60.1 Å². The predicted octanol–water partition coefficient (Wildman–Crippen LogP) is 3.44. The maximum Gasteiger partial charge on any atom is 0.167 e. The monoisotopic (exact) mass is 603 g/mol. The third-order valence-electron chi connectivity index (χ3n) is 9.70. The van der Waals surface area contributed by atoms with Crippen molar-refractivity contribution < 1.29 is 30.3 Å². The van der Waals surface area contributed by atoms with Crippen LogP contribution in [-0.4, -0.2) is 76.1 Å². The number of nitrogens with zero attached hydrogens (tertiary/aromatic N) is 4. The molecule has 226 valence electrons. The molecule has 2 aromatic heterocycles. The van der Waals surface area contributed by atoms with Crippen molar-refractivity contribution in [2.45, 2.75) is 49.2 Å². The Labute approximate surface area is 255 Å². The molecule has 11 heteroatoms. The number of benzene rings is 5. The molecule has 0 amide bonds. The maximum absolute atomic E-state index is 11.6. The molecule has 0 saturated carbocycles. The molecule has 0 radical (unpaired) electrons. The van der Waals surface area contributed by atoms with Gasteiger partial charge in [-0.25, -0.2) is 15.0 Å². The Balaban J connectivity index is 1.27. The molecule has 0 bridgehead atoms. The molecule has 0 spiro atoms. The standard InChI is InChI=1S/C34H29N5O6/c40-12-22-21(41)11-23(45-22)39-14-37-29-33(35-13-36-34(29)39)38-28-27-20(30(42)32(44)31(28)43)10-16-9-8-15-4-3-7-18-17-5-1-2-6-19(17)26(27)25(16)24(15)18/h1-10,13-14,21-23,28,30-32,40-44H,11-12H2,(H,35,36,38)/t21-,22+,23+,28-,30-,31-,32+/m0/s1. The van der Waals surface area contributed by atoms with Gasteiger partial charge in [0.25, 0.3) is 0 Å². The van der Waals surface area contributed by atoms with Gasteiger partial charge >= 0.3 is 0 Å². The van der Waals surface area contributed by atoms with Crippen LogP contribution in [0.1, 0.15) is 35.9 Å². The summed E-state index contributed by atoms with van der Waals surface area (Å²) in [6.45, 7) is -0.309. The lowest BCUT2D eigenvalue weighted by Gasteiger charge is -2.39.